The van der Waals surface area contributed by atoms with Gasteiger partial charge in [0.2, 0.25) is 0 Å². The molecular weight excluding hydrogens is 452 g/mol. The van der Waals surface area contributed by atoms with Crippen LogP contribution in [-0.2, 0) is 25.5 Å². The van der Waals surface area contributed by atoms with Crippen molar-refractivity contribution in [2.24, 2.45) is 0 Å². The lowest BCUT2D eigenvalue weighted by molar-refractivity contribution is -0.158. The first kappa shape index (κ1) is 27.6. The van der Waals surface area contributed by atoms with E-state index in [0.717, 1.165) is 5.56 Å². The predicted octanol–water partition coefficient (Wildman–Crippen LogP) is 2.55. The Bertz CT molecular complexity index is 1050. The summed E-state index contributed by atoms with van der Waals surface area (Å²) < 4.78 is 10.7. The average molecular weight is 487 g/mol. The molecule has 0 bridgehead atoms. The molecule has 0 radical (unpaired) electrons. The first-order valence-corrected chi connectivity index (χ1v) is 11.3. The first-order valence-electron chi connectivity index (χ1n) is 11.3. The molecule has 2 atom stereocenters. The lowest BCUT2D eigenvalue weighted by Crippen LogP contribution is -2.46. The number of carbonyl (C=O) groups excluding carboxylic acids is 4. The molecule has 3 N–H and O–H groups in total. The molecule has 10 heteroatoms. The highest BCUT2D eigenvalue weighted by molar-refractivity contribution is 6.06. The number of esters is 2. The number of hydrogen-bond donors (Lipinski definition) is 3. The SMILES string of the molecule is C[C@H](NC(=O)c1nc[nH]c1C(=O)N[C@@H](Cc1ccccc1)C(=O)OC(C)(C)C)C(=O)OC(C)(C)C. The molecule has 0 aliphatic rings. The Morgan fingerprint density at radius 1 is 0.886 bits per heavy atom. The largest absolute Gasteiger partial charge is 0.458 e. The van der Waals surface area contributed by atoms with Crippen molar-refractivity contribution < 1.29 is 28.7 Å². The molecule has 0 aliphatic carbocycles. The third-order valence-electron chi connectivity index (χ3n) is 4.47. The van der Waals surface area contributed by atoms with Crippen LogP contribution in [0.2, 0.25) is 0 Å². The molecule has 2 rings (SSSR count). The maximum atomic E-state index is 13.0. The van der Waals surface area contributed by atoms with Crippen LogP contribution < -0.4 is 10.6 Å². The summed E-state index contributed by atoms with van der Waals surface area (Å²) in [5, 5.41) is 5.12. The van der Waals surface area contributed by atoms with Gasteiger partial charge in [0.25, 0.3) is 11.8 Å². The van der Waals surface area contributed by atoms with Crippen LogP contribution in [0.5, 0.6) is 0 Å². The molecule has 10 nitrogen and oxygen atoms in total. The summed E-state index contributed by atoms with van der Waals surface area (Å²) in [6, 6.07) is 7.18. The van der Waals surface area contributed by atoms with Crippen LogP contribution in [0, 0.1) is 0 Å². The number of benzene rings is 1. The highest BCUT2D eigenvalue weighted by Crippen LogP contribution is 2.13. The van der Waals surface area contributed by atoms with Crippen molar-refractivity contribution in [1.82, 2.24) is 20.6 Å². The summed E-state index contributed by atoms with van der Waals surface area (Å²) in [6.45, 7) is 11.8. The molecule has 190 valence electrons. The van der Waals surface area contributed by atoms with E-state index >= 15 is 0 Å². The van der Waals surface area contributed by atoms with Crippen molar-refractivity contribution in [3.63, 3.8) is 0 Å². The molecule has 0 aliphatic heterocycles. The number of H-pyrrole nitrogens is 1. The molecule has 2 aromatic rings. The van der Waals surface area contributed by atoms with Crippen molar-refractivity contribution in [2.45, 2.75) is 78.2 Å². The number of aromatic nitrogens is 2. The second-order valence-electron chi connectivity index (χ2n) is 10.1. The van der Waals surface area contributed by atoms with Gasteiger partial charge in [-0.3, -0.25) is 9.59 Å². The number of aromatic amines is 1. The van der Waals surface area contributed by atoms with E-state index < -0.39 is 47.0 Å². The molecular formula is C25H34N4O6. The highest BCUT2D eigenvalue weighted by atomic mass is 16.6. The number of nitrogens with zero attached hydrogens (tertiary/aromatic N) is 1. The zero-order chi connectivity index (χ0) is 26.4. The summed E-state index contributed by atoms with van der Waals surface area (Å²) in [7, 11) is 0. The maximum absolute atomic E-state index is 13.0. The number of hydrogen-bond acceptors (Lipinski definition) is 7. The summed E-state index contributed by atoms with van der Waals surface area (Å²) in [6.07, 6.45) is 1.37. The minimum atomic E-state index is -1.01. The molecule has 1 aromatic carbocycles. The van der Waals surface area contributed by atoms with Gasteiger partial charge in [-0.2, -0.15) is 0 Å². The van der Waals surface area contributed by atoms with Crippen molar-refractivity contribution >= 4 is 23.8 Å². The standard InChI is InChI=1S/C25H34N4O6/c1-15(22(32)34-24(2,3)4)28-20(30)18-19(27-14-26-18)21(31)29-17(23(33)35-25(5,6)7)13-16-11-9-8-10-12-16/h8-12,14-15,17H,13H2,1-7H3,(H,26,27)(H,28,30)(H,29,31)/t15-,17-/m0/s1. The Hall–Kier alpha value is -3.69. The fourth-order valence-electron chi connectivity index (χ4n) is 3.00. The monoisotopic (exact) mass is 486 g/mol. The van der Waals surface area contributed by atoms with Crippen molar-refractivity contribution in [1.29, 1.82) is 0 Å². The van der Waals surface area contributed by atoms with E-state index in [2.05, 4.69) is 20.6 Å². The number of amides is 2. The van der Waals surface area contributed by atoms with Gasteiger partial charge in [0.05, 0.1) is 6.33 Å². The molecule has 0 saturated heterocycles. The van der Waals surface area contributed by atoms with Gasteiger partial charge in [-0.1, -0.05) is 30.3 Å². The van der Waals surface area contributed by atoms with Crippen LogP contribution in [0.4, 0.5) is 0 Å². The van der Waals surface area contributed by atoms with Gasteiger partial charge in [-0.05, 0) is 54.0 Å². The molecule has 0 unspecified atom stereocenters. The van der Waals surface area contributed by atoms with Gasteiger partial charge in [0.15, 0.2) is 5.69 Å². The lowest BCUT2D eigenvalue weighted by Gasteiger charge is -2.24. The summed E-state index contributed by atoms with van der Waals surface area (Å²) in [4.78, 5) is 57.4. The van der Waals surface area contributed by atoms with Crippen LogP contribution >= 0.6 is 0 Å². The minimum absolute atomic E-state index is 0.152. The van der Waals surface area contributed by atoms with Gasteiger partial charge in [0, 0.05) is 6.42 Å². The number of imidazole rings is 1. The number of nitrogens with one attached hydrogen (secondary N) is 3. The van der Waals surface area contributed by atoms with Crippen molar-refractivity contribution in [3.8, 4) is 0 Å². The third kappa shape index (κ3) is 8.88. The Kier molecular flexibility index (Phi) is 8.78. The quantitative estimate of drug-likeness (QED) is 0.487. The Morgan fingerprint density at radius 3 is 2.03 bits per heavy atom. The van der Waals surface area contributed by atoms with Gasteiger partial charge in [-0.25, -0.2) is 14.6 Å². The fraction of sp³-hybridized carbons (Fsp3) is 0.480. The Balaban J connectivity index is 2.18. The van der Waals surface area contributed by atoms with E-state index in [0.29, 0.717) is 0 Å². The average Bonchev–Trinajstić information content (AvgIpc) is 3.21. The van der Waals surface area contributed by atoms with Crippen molar-refractivity contribution in [3.05, 3.63) is 53.6 Å². The van der Waals surface area contributed by atoms with Crippen molar-refractivity contribution in [2.75, 3.05) is 0 Å². The van der Waals surface area contributed by atoms with Crippen LogP contribution in [0.15, 0.2) is 36.7 Å². The summed E-state index contributed by atoms with van der Waals surface area (Å²) in [5.41, 5.74) is -1.03. The normalized spacial score (nSPS) is 13.3. The second-order valence-corrected chi connectivity index (χ2v) is 10.1. The van der Waals surface area contributed by atoms with Crippen LogP contribution in [-0.4, -0.2) is 57.0 Å². The smallest absolute Gasteiger partial charge is 0.329 e. The van der Waals surface area contributed by atoms with Gasteiger partial charge >= 0.3 is 11.9 Å². The molecule has 0 spiro atoms. The zero-order valence-corrected chi connectivity index (χ0v) is 21.2. The zero-order valence-electron chi connectivity index (χ0n) is 21.2. The van der Waals surface area contributed by atoms with E-state index in [1.54, 1.807) is 41.5 Å². The van der Waals surface area contributed by atoms with E-state index in [4.69, 9.17) is 9.47 Å². The Labute approximate surface area is 205 Å². The van der Waals surface area contributed by atoms with Gasteiger partial charge in [0.1, 0.15) is 29.0 Å². The number of ether oxygens (including phenoxy) is 2. The first-order chi connectivity index (χ1) is 16.2. The van der Waals surface area contributed by atoms with Crippen LogP contribution in [0.3, 0.4) is 0 Å². The predicted molar refractivity (Wildman–Crippen MR) is 129 cm³/mol. The Morgan fingerprint density at radius 2 is 1.46 bits per heavy atom. The van der Waals surface area contributed by atoms with E-state index in [1.807, 2.05) is 30.3 Å². The molecule has 2 amide bonds. The van der Waals surface area contributed by atoms with E-state index in [-0.39, 0.29) is 17.8 Å². The fourth-order valence-corrected chi connectivity index (χ4v) is 3.00. The minimum Gasteiger partial charge on any atom is -0.458 e. The van der Waals surface area contributed by atoms with Gasteiger partial charge in [-0.15, -0.1) is 0 Å². The lowest BCUT2D eigenvalue weighted by atomic mass is 10.1. The third-order valence-corrected chi connectivity index (χ3v) is 4.47. The van der Waals surface area contributed by atoms with E-state index in [9.17, 15) is 19.2 Å². The number of carbonyl (C=O) groups is 4. The molecule has 0 saturated carbocycles. The van der Waals surface area contributed by atoms with E-state index in [1.165, 1.54) is 13.3 Å². The topological polar surface area (TPSA) is 139 Å². The van der Waals surface area contributed by atoms with Gasteiger partial charge < -0.3 is 25.1 Å². The van der Waals surface area contributed by atoms with Crippen LogP contribution in [0.1, 0.15) is 75.0 Å². The molecule has 0 fully saturated rings. The summed E-state index contributed by atoms with van der Waals surface area (Å²) in [5.74, 6) is -2.70. The number of rotatable bonds is 8. The molecule has 1 heterocycles. The van der Waals surface area contributed by atoms with Crippen LogP contribution in [0.25, 0.3) is 0 Å². The second kappa shape index (κ2) is 11.2. The molecule has 35 heavy (non-hydrogen) atoms. The highest BCUT2D eigenvalue weighted by Gasteiger charge is 2.31. The summed E-state index contributed by atoms with van der Waals surface area (Å²) >= 11 is 0. The maximum Gasteiger partial charge on any atom is 0.329 e. The molecule has 1 aromatic heterocycles.